The molecule has 0 unspecified atom stereocenters. The van der Waals surface area contributed by atoms with Crippen molar-refractivity contribution < 1.29 is 10.0 Å². The van der Waals surface area contributed by atoms with Gasteiger partial charge in [0.15, 0.2) is 0 Å². The van der Waals surface area contributed by atoms with Crippen LogP contribution in [0.15, 0.2) is 60.8 Å². The van der Waals surface area contributed by atoms with Crippen molar-refractivity contribution in [2.24, 2.45) is 0 Å². The molecule has 0 bridgehead atoms. The summed E-state index contributed by atoms with van der Waals surface area (Å²) in [5, 5.41) is 26.6. The van der Waals surface area contributed by atoms with Crippen LogP contribution in [-0.2, 0) is 0 Å². The van der Waals surface area contributed by atoms with E-state index < -0.39 is 7.12 Å². The average Bonchev–Trinajstić information content (AvgIpc) is 2.98. The molecule has 1 aromatic heterocycles. The Bertz CT molecular complexity index is 713. The van der Waals surface area contributed by atoms with E-state index in [1.807, 2.05) is 36.4 Å². The van der Waals surface area contributed by atoms with Crippen molar-refractivity contribution in [1.82, 2.24) is 15.0 Å². The number of hydrogen-bond acceptors (Lipinski definition) is 4. The summed E-state index contributed by atoms with van der Waals surface area (Å²) in [4.78, 5) is 0. The Kier molecular flexibility index (Phi) is 3.33. The van der Waals surface area contributed by atoms with E-state index in [1.165, 1.54) is 0 Å². The summed E-state index contributed by atoms with van der Waals surface area (Å²) in [7, 11) is -1.49. The molecule has 0 fully saturated rings. The second-order valence-electron chi connectivity index (χ2n) is 4.38. The van der Waals surface area contributed by atoms with Crippen molar-refractivity contribution >= 4 is 12.6 Å². The summed E-state index contributed by atoms with van der Waals surface area (Å²) in [6.45, 7) is 0. The molecule has 2 aromatic carbocycles. The smallest absolute Gasteiger partial charge is 0.423 e. The highest BCUT2D eigenvalue weighted by atomic mass is 16.4. The minimum absolute atomic E-state index is 0.428. The fraction of sp³-hybridized carbons (Fsp3) is 0. The van der Waals surface area contributed by atoms with Crippen LogP contribution in [0.3, 0.4) is 0 Å². The Labute approximate surface area is 116 Å². The molecule has 1 heterocycles. The van der Waals surface area contributed by atoms with E-state index in [-0.39, 0.29) is 0 Å². The molecular formula is C14H12BN3O2. The molecule has 0 radical (unpaired) electrons. The SMILES string of the molecule is OB(O)c1cccc(-c2cn(-c3ccccc3)nn2)c1. The van der Waals surface area contributed by atoms with Crippen molar-refractivity contribution in [3.63, 3.8) is 0 Å². The van der Waals surface area contributed by atoms with Crippen LogP contribution >= 0.6 is 0 Å². The van der Waals surface area contributed by atoms with Gasteiger partial charge >= 0.3 is 7.12 Å². The van der Waals surface area contributed by atoms with E-state index in [2.05, 4.69) is 10.3 Å². The molecular weight excluding hydrogens is 253 g/mol. The van der Waals surface area contributed by atoms with Gasteiger partial charge in [0, 0.05) is 5.56 Å². The first-order valence-corrected chi connectivity index (χ1v) is 6.18. The Morgan fingerprint density at radius 2 is 1.75 bits per heavy atom. The summed E-state index contributed by atoms with van der Waals surface area (Å²) >= 11 is 0. The molecule has 5 nitrogen and oxygen atoms in total. The quantitative estimate of drug-likeness (QED) is 0.681. The number of rotatable bonds is 3. The number of para-hydroxylation sites is 1. The molecule has 0 atom stereocenters. The van der Waals surface area contributed by atoms with Crippen LogP contribution in [0.25, 0.3) is 16.9 Å². The summed E-state index contributed by atoms with van der Waals surface area (Å²) in [5.74, 6) is 0. The molecule has 98 valence electrons. The van der Waals surface area contributed by atoms with Gasteiger partial charge in [-0.05, 0) is 17.6 Å². The van der Waals surface area contributed by atoms with Gasteiger partial charge in [0.05, 0.1) is 11.9 Å². The van der Waals surface area contributed by atoms with E-state index in [9.17, 15) is 10.0 Å². The van der Waals surface area contributed by atoms with E-state index in [0.29, 0.717) is 11.2 Å². The summed E-state index contributed by atoms with van der Waals surface area (Å²) in [6, 6.07) is 16.6. The number of aromatic nitrogens is 3. The van der Waals surface area contributed by atoms with E-state index >= 15 is 0 Å². The summed E-state index contributed by atoms with van der Waals surface area (Å²) in [5.41, 5.74) is 2.82. The molecule has 2 N–H and O–H groups in total. The maximum atomic E-state index is 9.19. The van der Waals surface area contributed by atoms with Gasteiger partial charge in [0.25, 0.3) is 0 Å². The minimum Gasteiger partial charge on any atom is -0.423 e. The second kappa shape index (κ2) is 5.28. The molecule has 6 heteroatoms. The first-order chi connectivity index (χ1) is 9.74. The van der Waals surface area contributed by atoms with Crippen LogP contribution in [0.4, 0.5) is 0 Å². The topological polar surface area (TPSA) is 71.2 Å². The normalized spacial score (nSPS) is 10.5. The van der Waals surface area contributed by atoms with Gasteiger partial charge in [-0.15, -0.1) is 5.10 Å². The van der Waals surface area contributed by atoms with Gasteiger partial charge in [0.2, 0.25) is 0 Å². The highest BCUT2D eigenvalue weighted by Gasteiger charge is 2.12. The molecule has 0 amide bonds. The van der Waals surface area contributed by atoms with E-state index in [1.54, 1.807) is 29.1 Å². The third-order valence-electron chi connectivity index (χ3n) is 2.99. The lowest BCUT2D eigenvalue weighted by molar-refractivity contribution is 0.426. The van der Waals surface area contributed by atoms with Crippen LogP contribution in [0.2, 0.25) is 0 Å². The molecule has 3 aromatic rings. The first-order valence-electron chi connectivity index (χ1n) is 6.18. The van der Waals surface area contributed by atoms with Crippen molar-refractivity contribution in [2.75, 3.05) is 0 Å². The first kappa shape index (κ1) is 12.6. The van der Waals surface area contributed by atoms with Gasteiger partial charge in [0.1, 0.15) is 5.69 Å². The monoisotopic (exact) mass is 265 g/mol. The molecule has 0 saturated carbocycles. The van der Waals surface area contributed by atoms with Crippen LogP contribution in [0.1, 0.15) is 0 Å². The van der Waals surface area contributed by atoms with E-state index in [4.69, 9.17) is 0 Å². The molecule has 3 rings (SSSR count). The Hall–Kier alpha value is -2.44. The standard InChI is InChI=1S/C14H12BN3O2/c19-15(20)12-6-4-5-11(9-12)14-10-18(17-16-14)13-7-2-1-3-8-13/h1-10,19-20H. The highest BCUT2D eigenvalue weighted by molar-refractivity contribution is 6.58. The Morgan fingerprint density at radius 3 is 2.50 bits per heavy atom. The van der Waals surface area contributed by atoms with Gasteiger partial charge in [-0.3, -0.25) is 0 Å². The lowest BCUT2D eigenvalue weighted by Crippen LogP contribution is -2.29. The molecule has 0 spiro atoms. The maximum absolute atomic E-state index is 9.19. The third-order valence-corrected chi connectivity index (χ3v) is 2.99. The van der Waals surface area contributed by atoms with Gasteiger partial charge in [-0.1, -0.05) is 47.7 Å². The van der Waals surface area contributed by atoms with Crippen LogP contribution < -0.4 is 5.46 Å². The predicted molar refractivity (Wildman–Crippen MR) is 76.6 cm³/mol. The number of benzene rings is 2. The summed E-state index contributed by atoms with van der Waals surface area (Å²) < 4.78 is 1.68. The van der Waals surface area contributed by atoms with Gasteiger partial charge < -0.3 is 10.0 Å². The largest absolute Gasteiger partial charge is 0.488 e. The molecule has 20 heavy (non-hydrogen) atoms. The fourth-order valence-corrected chi connectivity index (χ4v) is 1.96. The molecule has 0 saturated heterocycles. The minimum atomic E-state index is -1.49. The lowest BCUT2D eigenvalue weighted by atomic mass is 9.79. The van der Waals surface area contributed by atoms with Crippen molar-refractivity contribution in [2.45, 2.75) is 0 Å². The average molecular weight is 265 g/mol. The predicted octanol–water partition coefficient (Wildman–Crippen LogP) is 0.614. The number of hydrogen-bond donors (Lipinski definition) is 2. The maximum Gasteiger partial charge on any atom is 0.488 e. The van der Waals surface area contributed by atoms with Gasteiger partial charge in [-0.2, -0.15) is 0 Å². The summed E-state index contributed by atoms with van der Waals surface area (Å²) in [6.07, 6.45) is 1.80. The molecule has 0 aliphatic heterocycles. The molecule has 0 aliphatic rings. The number of nitrogens with zero attached hydrogens (tertiary/aromatic N) is 3. The van der Waals surface area contributed by atoms with Crippen LogP contribution in [-0.4, -0.2) is 32.2 Å². The zero-order valence-corrected chi connectivity index (χ0v) is 10.6. The zero-order valence-electron chi connectivity index (χ0n) is 10.6. The lowest BCUT2D eigenvalue weighted by Gasteiger charge is -2.01. The van der Waals surface area contributed by atoms with Crippen molar-refractivity contribution in [3.05, 3.63) is 60.8 Å². The highest BCUT2D eigenvalue weighted by Crippen LogP contribution is 2.16. The third kappa shape index (κ3) is 2.47. The van der Waals surface area contributed by atoms with Gasteiger partial charge in [-0.25, -0.2) is 4.68 Å². The van der Waals surface area contributed by atoms with Crippen LogP contribution in [0, 0.1) is 0 Å². The second-order valence-corrected chi connectivity index (χ2v) is 4.38. The zero-order chi connectivity index (χ0) is 13.9. The van der Waals surface area contributed by atoms with Crippen molar-refractivity contribution in [1.29, 1.82) is 0 Å². The Balaban J connectivity index is 1.96. The molecule has 0 aliphatic carbocycles. The van der Waals surface area contributed by atoms with Crippen molar-refractivity contribution in [3.8, 4) is 16.9 Å². The van der Waals surface area contributed by atoms with Crippen LogP contribution in [0.5, 0.6) is 0 Å². The fourth-order valence-electron chi connectivity index (χ4n) is 1.96. The Morgan fingerprint density at radius 1 is 0.950 bits per heavy atom. The van der Waals surface area contributed by atoms with E-state index in [0.717, 1.165) is 11.3 Å².